The molecule has 2 rings (SSSR count). The summed E-state index contributed by atoms with van der Waals surface area (Å²) in [6.07, 6.45) is 5.41. The van der Waals surface area contributed by atoms with Crippen LogP contribution in [0.25, 0.3) is 0 Å². The van der Waals surface area contributed by atoms with Crippen LogP contribution < -0.4 is 10.5 Å². The molecule has 1 saturated carbocycles. The van der Waals surface area contributed by atoms with Crippen molar-refractivity contribution in [1.29, 1.82) is 0 Å². The van der Waals surface area contributed by atoms with Crippen molar-refractivity contribution in [3.05, 3.63) is 23.8 Å². The summed E-state index contributed by atoms with van der Waals surface area (Å²) < 4.78 is 11.1. The van der Waals surface area contributed by atoms with Crippen LogP contribution in [0.3, 0.4) is 0 Å². The van der Waals surface area contributed by atoms with Crippen LogP contribution in [0.4, 0.5) is 5.69 Å². The molecule has 0 spiro atoms. The van der Waals surface area contributed by atoms with Crippen molar-refractivity contribution in [2.24, 2.45) is 0 Å². The smallest absolute Gasteiger partial charge is 0.126 e. The number of hydrogen-bond acceptors (Lipinski definition) is 3. The van der Waals surface area contributed by atoms with Crippen LogP contribution >= 0.6 is 0 Å². The second-order valence-corrected chi connectivity index (χ2v) is 4.29. The van der Waals surface area contributed by atoms with Gasteiger partial charge in [0.2, 0.25) is 0 Å². The van der Waals surface area contributed by atoms with Crippen LogP contribution in [0, 0.1) is 0 Å². The third-order valence-corrected chi connectivity index (χ3v) is 3.09. The molecule has 0 aliphatic heterocycles. The first-order chi connectivity index (χ1) is 7.79. The molecule has 2 N–H and O–H groups in total. The maximum Gasteiger partial charge on any atom is 0.126 e. The van der Waals surface area contributed by atoms with Gasteiger partial charge in [0, 0.05) is 17.3 Å². The fourth-order valence-corrected chi connectivity index (χ4v) is 2.14. The molecule has 0 unspecified atom stereocenters. The number of nitrogens with two attached hydrogens (primary N) is 1. The van der Waals surface area contributed by atoms with Gasteiger partial charge in [-0.1, -0.05) is 18.9 Å². The van der Waals surface area contributed by atoms with Crippen LogP contribution in [0.2, 0.25) is 0 Å². The van der Waals surface area contributed by atoms with E-state index in [1.54, 1.807) is 7.11 Å². The summed E-state index contributed by atoms with van der Waals surface area (Å²) in [5.74, 6) is 0.818. The number of ether oxygens (including phenoxy) is 2. The van der Waals surface area contributed by atoms with Crippen LogP contribution in [-0.2, 0) is 11.3 Å². The van der Waals surface area contributed by atoms with E-state index in [-0.39, 0.29) is 0 Å². The van der Waals surface area contributed by atoms with E-state index in [0.717, 1.165) is 17.0 Å². The van der Waals surface area contributed by atoms with Gasteiger partial charge in [0.05, 0.1) is 19.8 Å². The van der Waals surface area contributed by atoms with Crippen molar-refractivity contribution in [2.75, 3.05) is 12.8 Å². The van der Waals surface area contributed by atoms with E-state index in [1.165, 1.54) is 25.7 Å². The first kappa shape index (κ1) is 11.3. The van der Waals surface area contributed by atoms with Crippen LogP contribution in [-0.4, -0.2) is 13.2 Å². The number of benzene rings is 1. The van der Waals surface area contributed by atoms with Crippen LogP contribution in [0.15, 0.2) is 18.2 Å². The predicted octanol–water partition coefficient (Wildman–Crippen LogP) is 2.74. The van der Waals surface area contributed by atoms with Gasteiger partial charge >= 0.3 is 0 Å². The average molecular weight is 221 g/mol. The average Bonchev–Trinajstić information content (AvgIpc) is 2.80. The maximum absolute atomic E-state index is 5.85. The Kier molecular flexibility index (Phi) is 3.67. The zero-order chi connectivity index (χ0) is 11.4. The highest BCUT2D eigenvalue weighted by Gasteiger charge is 2.16. The molecule has 0 aromatic heterocycles. The fourth-order valence-electron chi connectivity index (χ4n) is 2.14. The quantitative estimate of drug-likeness (QED) is 0.795. The molecule has 1 aliphatic rings. The van der Waals surface area contributed by atoms with Gasteiger partial charge in [-0.25, -0.2) is 0 Å². The molecule has 3 nitrogen and oxygen atoms in total. The van der Waals surface area contributed by atoms with Gasteiger partial charge in [0.1, 0.15) is 5.75 Å². The highest BCUT2D eigenvalue weighted by molar-refractivity contribution is 5.48. The lowest BCUT2D eigenvalue weighted by Gasteiger charge is -2.13. The Morgan fingerprint density at radius 2 is 2.06 bits per heavy atom. The summed E-state index contributed by atoms with van der Waals surface area (Å²) in [6, 6.07) is 5.70. The van der Waals surface area contributed by atoms with Gasteiger partial charge in [0.25, 0.3) is 0 Å². The largest absolute Gasteiger partial charge is 0.496 e. The number of hydrogen-bond donors (Lipinski definition) is 1. The monoisotopic (exact) mass is 221 g/mol. The standard InChI is InChI=1S/C13H19NO2/c1-15-13-8-11(14)7-6-10(13)9-16-12-4-2-3-5-12/h6-8,12H,2-5,9,14H2,1H3. The van der Waals surface area contributed by atoms with E-state index in [2.05, 4.69) is 0 Å². The zero-order valence-corrected chi connectivity index (χ0v) is 9.74. The van der Waals surface area contributed by atoms with Gasteiger partial charge in [-0.2, -0.15) is 0 Å². The molecule has 3 heteroatoms. The lowest BCUT2D eigenvalue weighted by atomic mass is 10.2. The number of methoxy groups -OCH3 is 1. The van der Waals surface area contributed by atoms with Crippen LogP contribution in [0.1, 0.15) is 31.2 Å². The second-order valence-electron chi connectivity index (χ2n) is 4.29. The Morgan fingerprint density at radius 3 is 2.75 bits per heavy atom. The van der Waals surface area contributed by atoms with Crippen molar-refractivity contribution in [2.45, 2.75) is 38.4 Å². The number of anilines is 1. The van der Waals surface area contributed by atoms with Crippen LogP contribution in [0.5, 0.6) is 5.75 Å². The van der Waals surface area contributed by atoms with E-state index in [0.29, 0.717) is 12.7 Å². The third kappa shape index (κ3) is 2.67. The number of rotatable bonds is 4. The number of nitrogen functional groups attached to an aromatic ring is 1. The molecule has 16 heavy (non-hydrogen) atoms. The summed E-state index contributed by atoms with van der Waals surface area (Å²) in [6.45, 7) is 0.619. The van der Waals surface area contributed by atoms with Gasteiger partial charge in [-0.3, -0.25) is 0 Å². The first-order valence-corrected chi connectivity index (χ1v) is 5.83. The molecule has 88 valence electrons. The topological polar surface area (TPSA) is 44.5 Å². The Hall–Kier alpha value is -1.22. The molecule has 0 heterocycles. The molecular formula is C13H19NO2. The predicted molar refractivity (Wildman–Crippen MR) is 64.5 cm³/mol. The molecule has 1 aliphatic carbocycles. The van der Waals surface area contributed by atoms with Gasteiger partial charge in [-0.05, 0) is 18.9 Å². The van der Waals surface area contributed by atoms with E-state index in [1.807, 2.05) is 18.2 Å². The van der Waals surface area contributed by atoms with E-state index < -0.39 is 0 Å². The molecule has 0 saturated heterocycles. The minimum Gasteiger partial charge on any atom is -0.496 e. The Balaban J connectivity index is 1.97. The van der Waals surface area contributed by atoms with Crippen molar-refractivity contribution >= 4 is 5.69 Å². The first-order valence-electron chi connectivity index (χ1n) is 5.83. The van der Waals surface area contributed by atoms with Crippen molar-refractivity contribution in [3.63, 3.8) is 0 Å². The molecule has 1 aromatic rings. The molecule has 0 bridgehead atoms. The Bertz CT molecular complexity index is 346. The lowest BCUT2D eigenvalue weighted by molar-refractivity contribution is 0.0446. The van der Waals surface area contributed by atoms with Gasteiger partial charge < -0.3 is 15.2 Å². The summed E-state index contributed by atoms with van der Waals surface area (Å²) in [7, 11) is 1.66. The molecule has 0 atom stereocenters. The highest BCUT2D eigenvalue weighted by atomic mass is 16.5. The fraction of sp³-hybridized carbons (Fsp3) is 0.538. The summed E-state index contributed by atoms with van der Waals surface area (Å²) in [4.78, 5) is 0. The maximum atomic E-state index is 5.85. The molecule has 0 radical (unpaired) electrons. The third-order valence-electron chi connectivity index (χ3n) is 3.09. The van der Waals surface area contributed by atoms with E-state index in [9.17, 15) is 0 Å². The van der Waals surface area contributed by atoms with E-state index in [4.69, 9.17) is 15.2 Å². The van der Waals surface area contributed by atoms with Crippen molar-refractivity contribution in [3.8, 4) is 5.75 Å². The Labute approximate surface area is 96.5 Å². The summed E-state index contributed by atoms with van der Waals surface area (Å²) >= 11 is 0. The SMILES string of the molecule is COc1cc(N)ccc1COC1CCCC1. The molecule has 1 aromatic carbocycles. The highest BCUT2D eigenvalue weighted by Crippen LogP contribution is 2.26. The van der Waals surface area contributed by atoms with Crippen molar-refractivity contribution < 1.29 is 9.47 Å². The second kappa shape index (κ2) is 5.21. The minimum absolute atomic E-state index is 0.433. The zero-order valence-electron chi connectivity index (χ0n) is 9.74. The summed E-state index contributed by atoms with van der Waals surface area (Å²) in [5.41, 5.74) is 7.50. The summed E-state index contributed by atoms with van der Waals surface area (Å²) in [5, 5.41) is 0. The molecule has 1 fully saturated rings. The van der Waals surface area contributed by atoms with Gasteiger partial charge in [-0.15, -0.1) is 0 Å². The van der Waals surface area contributed by atoms with Gasteiger partial charge in [0.15, 0.2) is 0 Å². The minimum atomic E-state index is 0.433. The lowest BCUT2D eigenvalue weighted by Crippen LogP contribution is -2.08. The molecular weight excluding hydrogens is 202 g/mol. The Morgan fingerprint density at radius 1 is 1.31 bits per heavy atom. The van der Waals surface area contributed by atoms with Crippen molar-refractivity contribution in [1.82, 2.24) is 0 Å². The van der Waals surface area contributed by atoms with E-state index >= 15 is 0 Å². The molecule has 0 amide bonds. The normalized spacial score (nSPS) is 16.6.